The number of amides is 1. The second-order valence-electron chi connectivity index (χ2n) is 3.84. The highest BCUT2D eigenvalue weighted by Gasteiger charge is 2.18. The second-order valence-corrected chi connectivity index (χ2v) is 6.40. The van der Waals surface area contributed by atoms with Gasteiger partial charge in [-0.3, -0.25) is 4.79 Å². The average Bonchev–Trinajstić information content (AvgIpc) is 2.36. The van der Waals surface area contributed by atoms with Gasteiger partial charge in [-0.1, -0.05) is 11.6 Å². The Morgan fingerprint density at radius 2 is 2.05 bits per heavy atom. The molecule has 1 aromatic carbocycles. The number of halogens is 1. The number of likely N-dealkylation sites (N-methyl/N-ethyl adjacent to an activating group) is 1. The summed E-state index contributed by atoms with van der Waals surface area (Å²) in [4.78, 5) is 11.1. The lowest BCUT2D eigenvalue weighted by Crippen LogP contribution is -2.25. The van der Waals surface area contributed by atoms with Crippen molar-refractivity contribution >= 4 is 27.5 Å². The van der Waals surface area contributed by atoms with Crippen molar-refractivity contribution in [3.63, 3.8) is 0 Å². The first-order valence-corrected chi connectivity index (χ1v) is 7.16. The Balaban J connectivity index is 2.95. The molecule has 0 saturated carbocycles. The summed E-state index contributed by atoms with van der Waals surface area (Å²) in [6.07, 6.45) is 0. The van der Waals surface area contributed by atoms with E-state index >= 15 is 0 Å². The molecule has 0 aliphatic carbocycles. The lowest BCUT2D eigenvalue weighted by Gasteiger charge is -2.13. The second kappa shape index (κ2) is 6.23. The zero-order chi connectivity index (χ0) is 14.6. The zero-order valence-electron chi connectivity index (χ0n) is 10.8. The summed E-state index contributed by atoms with van der Waals surface area (Å²) in [6.45, 7) is -0.185. The van der Waals surface area contributed by atoms with Crippen molar-refractivity contribution in [2.75, 3.05) is 27.7 Å². The number of rotatable bonds is 5. The molecule has 0 bridgehead atoms. The van der Waals surface area contributed by atoms with E-state index in [9.17, 15) is 13.2 Å². The van der Waals surface area contributed by atoms with Gasteiger partial charge in [-0.15, -0.1) is 0 Å². The van der Waals surface area contributed by atoms with Crippen LogP contribution < -0.4 is 10.1 Å². The van der Waals surface area contributed by atoms with E-state index in [1.165, 1.54) is 39.3 Å². The van der Waals surface area contributed by atoms with Crippen molar-refractivity contribution in [2.45, 2.75) is 4.90 Å². The van der Waals surface area contributed by atoms with Crippen LogP contribution in [0.5, 0.6) is 5.75 Å². The van der Waals surface area contributed by atoms with Crippen LogP contribution in [0.25, 0.3) is 0 Å². The molecule has 0 heterocycles. The standard InChI is InChI=1S/C11H15ClN2O4S/c1-13-11(15)7-18-10-5-4-8(6-9(10)12)19(16,17)14(2)3/h4-6H,7H2,1-3H3,(H,13,15). The molecule has 6 nitrogen and oxygen atoms in total. The minimum absolute atomic E-state index is 0.0646. The summed E-state index contributed by atoms with van der Waals surface area (Å²) >= 11 is 5.93. The van der Waals surface area contributed by atoms with Gasteiger partial charge in [-0.25, -0.2) is 12.7 Å². The molecule has 19 heavy (non-hydrogen) atoms. The predicted molar refractivity (Wildman–Crippen MR) is 71.9 cm³/mol. The number of carbonyl (C=O) groups excluding carboxylic acids is 1. The van der Waals surface area contributed by atoms with E-state index in [1.807, 2.05) is 0 Å². The van der Waals surface area contributed by atoms with Crippen LogP contribution in [0.3, 0.4) is 0 Å². The number of sulfonamides is 1. The number of carbonyl (C=O) groups is 1. The van der Waals surface area contributed by atoms with Gasteiger partial charge < -0.3 is 10.1 Å². The molecule has 1 rings (SSSR count). The van der Waals surface area contributed by atoms with Crippen LogP contribution >= 0.6 is 11.6 Å². The number of nitrogens with one attached hydrogen (secondary N) is 1. The van der Waals surface area contributed by atoms with E-state index in [4.69, 9.17) is 16.3 Å². The van der Waals surface area contributed by atoms with Crippen molar-refractivity contribution in [2.24, 2.45) is 0 Å². The van der Waals surface area contributed by atoms with Gasteiger partial charge in [0.2, 0.25) is 10.0 Å². The van der Waals surface area contributed by atoms with E-state index in [1.54, 1.807) is 0 Å². The van der Waals surface area contributed by atoms with E-state index in [0.717, 1.165) is 4.31 Å². The number of ether oxygens (including phenoxy) is 1. The molecule has 0 saturated heterocycles. The fourth-order valence-electron chi connectivity index (χ4n) is 1.19. The van der Waals surface area contributed by atoms with Gasteiger partial charge in [0.1, 0.15) is 5.75 Å². The van der Waals surface area contributed by atoms with Gasteiger partial charge in [0.15, 0.2) is 6.61 Å². The SMILES string of the molecule is CNC(=O)COc1ccc(S(=O)(=O)N(C)C)cc1Cl. The predicted octanol–water partition coefficient (Wildman–Crippen LogP) is 0.715. The first kappa shape index (κ1) is 15.7. The molecule has 8 heteroatoms. The molecule has 0 aliphatic heterocycles. The van der Waals surface area contributed by atoms with Crippen LogP contribution in [0.1, 0.15) is 0 Å². The van der Waals surface area contributed by atoms with E-state index in [2.05, 4.69) is 5.32 Å². The Morgan fingerprint density at radius 1 is 1.42 bits per heavy atom. The summed E-state index contributed by atoms with van der Waals surface area (Å²) in [7, 11) is 0.808. The van der Waals surface area contributed by atoms with Crippen LogP contribution in [0, 0.1) is 0 Å². The van der Waals surface area contributed by atoms with Gasteiger partial charge in [-0.2, -0.15) is 0 Å². The maximum absolute atomic E-state index is 11.9. The third-order valence-electron chi connectivity index (χ3n) is 2.32. The average molecular weight is 307 g/mol. The Kier molecular flexibility index (Phi) is 5.16. The maximum Gasteiger partial charge on any atom is 0.257 e. The summed E-state index contributed by atoms with van der Waals surface area (Å²) in [5, 5.41) is 2.53. The lowest BCUT2D eigenvalue weighted by atomic mass is 10.3. The molecular formula is C11H15ClN2O4S. The molecule has 0 spiro atoms. The highest BCUT2D eigenvalue weighted by Crippen LogP contribution is 2.28. The van der Waals surface area contributed by atoms with E-state index in [0.29, 0.717) is 0 Å². The van der Waals surface area contributed by atoms with Crippen LogP contribution in [-0.2, 0) is 14.8 Å². The van der Waals surface area contributed by atoms with Gasteiger partial charge in [-0.05, 0) is 18.2 Å². The van der Waals surface area contributed by atoms with Crippen LogP contribution in [-0.4, -0.2) is 46.4 Å². The van der Waals surface area contributed by atoms with Gasteiger partial charge >= 0.3 is 0 Å². The number of hydrogen-bond donors (Lipinski definition) is 1. The third-order valence-corrected chi connectivity index (χ3v) is 4.43. The van der Waals surface area contributed by atoms with Crippen LogP contribution in [0.15, 0.2) is 23.1 Å². The number of benzene rings is 1. The molecule has 0 atom stereocenters. The van der Waals surface area contributed by atoms with Crippen LogP contribution in [0.2, 0.25) is 5.02 Å². The first-order valence-electron chi connectivity index (χ1n) is 5.34. The molecule has 0 fully saturated rings. The minimum atomic E-state index is -3.54. The lowest BCUT2D eigenvalue weighted by molar-refractivity contribution is -0.122. The molecule has 106 valence electrons. The maximum atomic E-state index is 11.9. The number of hydrogen-bond acceptors (Lipinski definition) is 4. The van der Waals surface area contributed by atoms with Crippen molar-refractivity contribution in [3.8, 4) is 5.75 Å². The molecule has 1 amide bonds. The Bertz CT molecular complexity index is 572. The molecule has 0 radical (unpaired) electrons. The van der Waals surface area contributed by atoms with Crippen molar-refractivity contribution in [1.82, 2.24) is 9.62 Å². The third kappa shape index (κ3) is 3.82. The van der Waals surface area contributed by atoms with E-state index in [-0.39, 0.29) is 28.2 Å². The molecule has 1 N–H and O–H groups in total. The highest BCUT2D eigenvalue weighted by molar-refractivity contribution is 7.89. The molecule has 0 unspecified atom stereocenters. The summed E-state index contributed by atoms with van der Waals surface area (Å²) in [5.74, 6) is -0.0518. The van der Waals surface area contributed by atoms with Crippen molar-refractivity contribution in [1.29, 1.82) is 0 Å². The summed E-state index contributed by atoms with van der Waals surface area (Å²) in [6, 6.07) is 4.08. The van der Waals surface area contributed by atoms with Gasteiger partial charge in [0.05, 0.1) is 9.92 Å². The smallest absolute Gasteiger partial charge is 0.257 e. The molecule has 1 aromatic rings. The molecular weight excluding hydrogens is 292 g/mol. The Labute approximate surface area is 117 Å². The first-order chi connectivity index (χ1) is 8.78. The Hall–Kier alpha value is -1.31. The normalized spacial score (nSPS) is 11.4. The zero-order valence-corrected chi connectivity index (χ0v) is 12.4. The number of nitrogens with zero attached hydrogens (tertiary/aromatic N) is 1. The fourth-order valence-corrected chi connectivity index (χ4v) is 2.41. The summed E-state index contributed by atoms with van der Waals surface area (Å²) < 4.78 is 30.0. The topological polar surface area (TPSA) is 75.7 Å². The van der Waals surface area contributed by atoms with Gasteiger partial charge in [0.25, 0.3) is 5.91 Å². The summed E-state index contributed by atoms with van der Waals surface area (Å²) in [5.41, 5.74) is 0. The largest absolute Gasteiger partial charge is 0.482 e. The quantitative estimate of drug-likeness (QED) is 0.869. The minimum Gasteiger partial charge on any atom is -0.482 e. The van der Waals surface area contributed by atoms with Gasteiger partial charge in [0, 0.05) is 21.1 Å². The molecule has 0 aliphatic rings. The monoisotopic (exact) mass is 306 g/mol. The van der Waals surface area contributed by atoms with Crippen molar-refractivity contribution in [3.05, 3.63) is 23.2 Å². The highest BCUT2D eigenvalue weighted by atomic mass is 35.5. The Morgan fingerprint density at radius 3 is 2.53 bits per heavy atom. The fraction of sp³-hybridized carbons (Fsp3) is 0.364. The molecule has 0 aromatic heterocycles. The van der Waals surface area contributed by atoms with Crippen LogP contribution in [0.4, 0.5) is 0 Å². The van der Waals surface area contributed by atoms with E-state index < -0.39 is 10.0 Å². The van der Waals surface area contributed by atoms with Crippen molar-refractivity contribution < 1.29 is 17.9 Å².